The van der Waals surface area contributed by atoms with Crippen molar-refractivity contribution in [2.75, 3.05) is 36.5 Å². The number of nitrogens with one attached hydrogen (secondary N) is 1. The van der Waals surface area contributed by atoms with Gasteiger partial charge in [0.1, 0.15) is 5.82 Å². The van der Waals surface area contributed by atoms with Crippen LogP contribution in [0.5, 0.6) is 0 Å². The lowest BCUT2D eigenvalue weighted by Crippen LogP contribution is -2.29. The van der Waals surface area contributed by atoms with Gasteiger partial charge in [0, 0.05) is 19.6 Å². The van der Waals surface area contributed by atoms with Gasteiger partial charge in [-0.05, 0) is 25.1 Å². The molecule has 0 atom stereocenters. The number of halogens is 1. The highest BCUT2D eigenvalue weighted by molar-refractivity contribution is 7.91. The lowest BCUT2D eigenvalue weighted by atomic mass is 10.1. The van der Waals surface area contributed by atoms with E-state index < -0.39 is 9.84 Å². The minimum absolute atomic E-state index is 0.0975. The number of hydrogen-bond acceptors (Lipinski definition) is 4. The zero-order valence-corrected chi connectivity index (χ0v) is 11.8. The highest BCUT2D eigenvalue weighted by Gasteiger charge is 2.22. The van der Waals surface area contributed by atoms with Crippen LogP contribution in [0.3, 0.4) is 0 Å². The van der Waals surface area contributed by atoms with Gasteiger partial charge in [-0.3, -0.25) is 0 Å². The fraction of sp³-hybridized carbons (Fsp3) is 0.538. The highest BCUT2D eigenvalue weighted by atomic mass is 32.2. The molecule has 0 aliphatic carbocycles. The molecule has 1 heterocycles. The molecule has 0 unspecified atom stereocenters. The summed E-state index contributed by atoms with van der Waals surface area (Å²) in [7, 11) is -1.17. The third-order valence-electron chi connectivity index (χ3n) is 3.31. The van der Waals surface area contributed by atoms with Crippen molar-refractivity contribution in [1.29, 1.82) is 0 Å². The summed E-state index contributed by atoms with van der Waals surface area (Å²) in [6, 6.07) is 4.97. The Kier molecular flexibility index (Phi) is 4.42. The molecule has 0 amide bonds. The van der Waals surface area contributed by atoms with Gasteiger partial charge in [0.05, 0.1) is 17.2 Å². The lowest BCUT2D eigenvalue weighted by molar-refractivity contribution is 0.596. The first-order valence-corrected chi connectivity index (χ1v) is 8.23. The van der Waals surface area contributed by atoms with Crippen molar-refractivity contribution in [3.63, 3.8) is 0 Å². The van der Waals surface area contributed by atoms with E-state index in [0.29, 0.717) is 31.7 Å². The SMILES string of the molecule is CNCc1cccc(F)c1N1CCCS(=O)(=O)CC1. The average molecular weight is 286 g/mol. The van der Waals surface area contributed by atoms with Crippen LogP contribution in [-0.2, 0) is 16.4 Å². The zero-order chi connectivity index (χ0) is 13.9. The normalized spacial score (nSPS) is 19.2. The van der Waals surface area contributed by atoms with Crippen LogP contribution in [0, 0.1) is 5.82 Å². The third kappa shape index (κ3) is 3.45. The predicted molar refractivity (Wildman–Crippen MR) is 74.6 cm³/mol. The van der Waals surface area contributed by atoms with Gasteiger partial charge >= 0.3 is 0 Å². The number of hydrogen-bond donors (Lipinski definition) is 1. The fourth-order valence-corrected chi connectivity index (χ4v) is 3.68. The van der Waals surface area contributed by atoms with E-state index in [1.54, 1.807) is 6.07 Å². The second kappa shape index (κ2) is 5.88. The van der Waals surface area contributed by atoms with Crippen molar-refractivity contribution in [1.82, 2.24) is 5.32 Å². The van der Waals surface area contributed by atoms with Gasteiger partial charge < -0.3 is 10.2 Å². The van der Waals surface area contributed by atoms with Gasteiger partial charge in [-0.1, -0.05) is 12.1 Å². The molecule has 1 saturated heterocycles. The number of rotatable bonds is 3. The molecule has 6 heteroatoms. The summed E-state index contributed by atoms with van der Waals surface area (Å²) in [5.74, 6) is 0.00617. The van der Waals surface area contributed by atoms with Crippen molar-refractivity contribution in [2.45, 2.75) is 13.0 Å². The van der Waals surface area contributed by atoms with Crippen molar-refractivity contribution in [3.05, 3.63) is 29.6 Å². The Morgan fingerprint density at radius 3 is 2.84 bits per heavy atom. The largest absolute Gasteiger partial charge is 0.368 e. The molecule has 1 aromatic carbocycles. The van der Waals surface area contributed by atoms with Crippen LogP contribution in [0.25, 0.3) is 0 Å². The Balaban J connectivity index is 2.30. The Morgan fingerprint density at radius 1 is 1.32 bits per heavy atom. The monoisotopic (exact) mass is 286 g/mol. The first-order chi connectivity index (χ1) is 9.03. The fourth-order valence-electron chi connectivity index (χ4n) is 2.41. The van der Waals surface area contributed by atoms with Crippen molar-refractivity contribution < 1.29 is 12.8 Å². The molecule has 19 heavy (non-hydrogen) atoms. The lowest BCUT2D eigenvalue weighted by Gasteiger charge is -2.25. The van der Waals surface area contributed by atoms with E-state index >= 15 is 0 Å². The second-order valence-electron chi connectivity index (χ2n) is 4.77. The van der Waals surface area contributed by atoms with Crippen LogP contribution in [0.2, 0.25) is 0 Å². The van der Waals surface area contributed by atoms with Crippen molar-refractivity contribution >= 4 is 15.5 Å². The molecule has 1 aliphatic rings. The molecule has 0 bridgehead atoms. The maximum atomic E-state index is 14.1. The number of para-hydroxylation sites is 1. The maximum Gasteiger partial charge on any atom is 0.152 e. The Morgan fingerprint density at radius 2 is 2.11 bits per heavy atom. The number of anilines is 1. The summed E-state index contributed by atoms with van der Waals surface area (Å²) in [6.45, 7) is 1.51. The van der Waals surface area contributed by atoms with Crippen LogP contribution >= 0.6 is 0 Å². The average Bonchev–Trinajstić information content (AvgIpc) is 2.51. The maximum absolute atomic E-state index is 14.1. The van der Waals surface area contributed by atoms with Gasteiger partial charge in [-0.15, -0.1) is 0 Å². The molecule has 0 spiro atoms. The summed E-state index contributed by atoms with van der Waals surface area (Å²) >= 11 is 0. The minimum Gasteiger partial charge on any atom is -0.368 e. The second-order valence-corrected chi connectivity index (χ2v) is 7.07. The summed E-state index contributed by atoms with van der Waals surface area (Å²) in [5, 5.41) is 3.01. The summed E-state index contributed by atoms with van der Waals surface area (Å²) < 4.78 is 37.3. The molecule has 0 radical (unpaired) electrons. The van der Waals surface area contributed by atoms with E-state index in [-0.39, 0.29) is 17.3 Å². The van der Waals surface area contributed by atoms with E-state index in [1.807, 2.05) is 18.0 Å². The third-order valence-corrected chi connectivity index (χ3v) is 5.02. The van der Waals surface area contributed by atoms with Crippen LogP contribution < -0.4 is 10.2 Å². The van der Waals surface area contributed by atoms with Gasteiger partial charge in [0.15, 0.2) is 9.84 Å². The molecule has 106 valence electrons. The zero-order valence-electron chi connectivity index (χ0n) is 11.0. The van der Waals surface area contributed by atoms with Gasteiger partial charge in [-0.2, -0.15) is 0 Å². The summed E-state index contributed by atoms with van der Waals surface area (Å²) in [4.78, 5) is 1.85. The van der Waals surface area contributed by atoms with Crippen LogP contribution in [0.15, 0.2) is 18.2 Å². The molecule has 4 nitrogen and oxygen atoms in total. The molecule has 2 rings (SSSR count). The van der Waals surface area contributed by atoms with E-state index in [0.717, 1.165) is 5.56 Å². The van der Waals surface area contributed by atoms with Crippen LogP contribution in [0.4, 0.5) is 10.1 Å². The molecular weight excluding hydrogens is 267 g/mol. The number of nitrogens with zero attached hydrogens (tertiary/aromatic N) is 1. The first kappa shape index (κ1) is 14.3. The molecule has 0 saturated carbocycles. The number of sulfone groups is 1. The van der Waals surface area contributed by atoms with Gasteiger partial charge in [0.25, 0.3) is 0 Å². The summed E-state index contributed by atoms with van der Waals surface area (Å²) in [6.07, 6.45) is 0.551. The van der Waals surface area contributed by atoms with Gasteiger partial charge in [-0.25, -0.2) is 12.8 Å². The van der Waals surface area contributed by atoms with Crippen molar-refractivity contribution in [3.8, 4) is 0 Å². The molecule has 1 fully saturated rings. The standard InChI is InChI=1S/C13H19FN2O2S/c1-15-10-11-4-2-5-12(14)13(11)16-6-3-8-19(17,18)9-7-16/h2,4-5,15H,3,6-10H2,1H3. The Bertz CT molecular complexity index is 546. The van der Waals surface area contributed by atoms with Crippen molar-refractivity contribution in [2.24, 2.45) is 0 Å². The molecule has 1 aliphatic heterocycles. The van der Waals surface area contributed by atoms with E-state index in [9.17, 15) is 12.8 Å². The molecular formula is C13H19FN2O2S. The minimum atomic E-state index is -2.98. The molecule has 1 N–H and O–H groups in total. The Labute approximate surface area is 113 Å². The van der Waals surface area contributed by atoms with E-state index in [4.69, 9.17) is 0 Å². The topological polar surface area (TPSA) is 49.4 Å². The number of benzene rings is 1. The first-order valence-electron chi connectivity index (χ1n) is 6.41. The van der Waals surface area contributed by atoms with E-state index in [1.165, 1.54) is 6.07 Å². The summed E-state index contributed by atoms with van der Waals surface area (Å²) in [5.41, 5.74) is 1.40. The van der Waals surface area contributed by atoms with E-state index in [2.05, 4.69) is 5.32 Å². The quantitative estimate of drug-likeness (QED) is 0.906. The molecule has 0 aromatic heterocycles. The van der Waals surface area contributed by atoms with Crippen LogP contribution in [0.1, 0.15) is 12.0 Å². The molecule has 1 aromatic rings. The predicted octanol–water partition coefficient (Wildman–Crippen LogP) is 1.17. The van der Waals surface area contributed by atoms with Gasteiger partial charge in [0.2, 0.25) is 0 Å². The smallest absolute Gasteiger partial charge is 0.152 e. The Hall–Kier alpha value is -1.14. The highest BCUT2D eigenvalue weighted by Crippen LogP contribution is 2.26. The van der Waals surface area contributed by atoms with Crippen LogP contribution in [-0.4, -0.2) is 40.1 Å².